The Morgan fingerprint density at radius 3 is 2.10 bits per heavy atom. The molecule has 8 heteroatoms. The molecule has 0 saturated heterocycles. The normalized spacial score (nSPS) is 13.1. The Hall–Kier alpha value is -4.17. The second kappa shape index (κ2) is 16.9. The second-order valence-electron chi connectivity index (χ2n) is 10.8. The molecular weight excluding hydrogens is 530 g/mol. The van der Waals surface area contributed by atoms with Crippen LogP contribution < -0.4 is 20.7 Å². The van der Waals surface area contributed by atoms with Crippen molar-refractivity contribution >= 4 is 17.7 Å². The van der Waals surface area contributed by atoms with Crippen molar-refractivity contribution in [2.75, 3.05) is 13.7 Å². The van der Waals surface area contributed by atoms with Crippen LogP contribution in [0.4, 0.5) is 0 Å². The van der Waals surface area contributed by atoms with E-state index in [0.29, 0.717) is 18.7 Å². The number of nitrogens with one attached hydrogen (secondary N) is 3. The Balaban J connectivity index is 1.60. The van der Waals surface area contributed by atoms with E-state index in [1.807, 2.05) is 86.6 Å². The Labute approximate surface area is 248 Å². The number of carbonyl (C=O) groups excluding carboxylic acids is 3. The first-order chi connectivity index (χ1) is 20.2. The van der Waals surface area contributed by atoms with Crippen LogP contribution in [-0.4, -0.2) is 54.7 Å². The number of rotatable bonds is 16. The highest BCUT2D eigenvalue weighted by Gasteiger charge is 2.29. The average Bonchev–Trinajstić information content (AvgIpc) is 2.99. The molecule has 0 heterocycles. The summed E-state index contributed by atoms with van der Waals surface area (Å²) in [5.74, 6) is -0.356. The maximum absolute atomic E-state index is 13.5. The third-order valence-corrected chi connectivity index (χ3v) is 7.10. The number of aliphatic hydroxyl groups is 1. The molecule has 0 aromatic heterocycles. The van der Waals surface area contributed by atoms with E-state index in [1.165, 1.54) is 0 Å². The highest BCUT2D eigenvalue weighted by molar-refractivity contribution is 5.88. The van der Waals surface area contributed by atoms with Gasteiger partial charge in [0, 0.05) is 13.0 Å². The van der Waals surface area contributed by atoms with Gasteiger partial charge in [-0.25, -0.2) is 0 Å². The van der Waals surface area contributed by atoms with Crippen molar-refractivity contribution in [1.82, 2.24) is 16.0 Å². The van der Waals surface area contributed by atoms with Crippen LogP contribution in [0.2, 0.25) is 0 Å². The standard InChI is InChI=1S/C34H43N3O5/c1-24(2)33(37-32(40)23-27-15-10-16-28(21-27)42-3)34(41)36-29(22-26-13-8-5-9-14-26)30(38)17-18-31(39)35-20-19-25-11-6-4-7-12-25/h4-16,21,24,29-30,33,38H,17-20,22-23H2,1-3H3,(H,35,39)(H,36,41)(H,37,40)/t29-,30-,33?/m0/s1. The van der Waals surface area contributed by atoms with Crippen LogP contribution in [0.5, 0.6) is 5.75 Å². The topological polar surface area (TPSA) is 117 Å². The lowest BCUT2D eigenvalue weighted by molar-refractivity contribution is -0.130. The lowest BCUT2D eigenvalue weighted by atomic mass is 9.96. The molecule has 3 aromatic carbocycles. The third-order valence-electron chi connectivity index (χ3n) is 7.10. The summed E-state index contributed by atoms with van der Waals surface area (Å²) in [6.07, 6.45) is 0.553. The number of ether oxygens (including phenoxy) is 1. The molecule has 0 radical (unpaired) electrons. The summed E-state index contributed by atoms with van der Waals surface area (Å²) in [5, 5.41) is 19.9. The van der Waals surface area contributed by atoms with Gasteiger partial charge in [-0.1, -0.05) is 86.6 Å². The number of amides is 3. The van der Waals surface area contributed by atoms with Gasteiger partial charge in [0.2, 0.25) is 17.7 Å². The maximum atomic E-state index is 13.5. The quantitative estimate of drug-likeness (QED) is 0.209. The zero-order valence-corrected chi connectivity index (χ0v) is 24.7. The number of benzene rings is 3. The van der Waals surface area contributed by atoms with E-state index in [-0.39, 0.29) is 42.9 Å². The SMILES string of the molecule is COc1cccc(CC(=O)NC(C(=O)N[C@@H](Cc2ccccc2)[C@@H](O)CCC(=O)NCCc2ccccc2)C(C)C)c1. The molecule has 0 spiro atoms. The molecule has 8 nitrogen and oxygen atoms in total. The smallest absolute Gasteiger partial charge is 0.243 e. The highest BCUT2D eigenvalue weighted by atomic mass is 16.5. The van der Waals surface area contributed by atoms with Gasteiger partial charge in [-0.15, -0.1) is 0 Å². The summed E-state index contributed by atoms with van der Waals surface area (Å²) in [4.78, 5) is 38.8. The first kappa shape index (κ1) is 32.3. The van der Waals surface area contributed by atoms with E-state index in [1.54, 1.807) is 19.2 Å². The van der Waals surface area contributed by atoms with Crippen LogP contribution in [0.1, 0.15) is 43.4 Å². The van der Waals surface area contributed by atoms with Crippen molar-refractivity contribution < 1.29 is 24.2 Å². The van der Waals surface area contributed by atoms with Crippen molar-refractivity contribution in [3.05, 3.63) is 102 Å². The molecule has 0 aliphatic rings. The lowest BCUT2D eigenvalue weighted by Crippen LogP contribution is -2.55. The van der Waals surface area contributed by atoms with Crippen molar-refractivity contribution in [2.24, 2.45) is 5.92 Å². The van der Waals surface area contributed by atoms with Gasteiger partial charge >= 0.3 is 0 Å². The van der Waals surface area contributed by atoms with Gasteiger partial charge in [-0.3, -0.25) is 14.4 Å². The summed E-state index contributed by atoms with van der Waals surface area (Å²) >= 11 is 0. The van der Waals surface area contributed by atoms with Gasteiger partial charge in [0.15, 0.2) is 0 Å². The van der Waals surface area contributed by atoms with Crippen LogP contribution >= 0.6 is 0 Å². The van der Waals surface area contributed by atoms with Crippen molar-refractivity contribution in [1.29, 1.82) is 0 Å². The highest BCUT2D eigenvalue weighted by Crippen LogP contribution is 2.15. The molecule has 0 aliphatic heterocycles. The molecule has 224 valence electrons. The number of hydrogen-bond acceptors (Lipinski definition) is 5. The molecule has 1 unspecified atom stereocenters. The minimum Gasteiger partial charge on any atom is -0.497 e. The fourth-order valence-corrected chi connectivity index (χ4v) is 4.71. The van der Waals surface area contributed by atoms with Crippen LogP contribution in [0, 0.1) is 5.92 Å². The average molecular weight is 574 g/mol. The Kier molecular flexibility index (Phi) is 13.0. The first-order valence-corrected chi connectivity index (χ1v) is 14.5. The Morgan fingerprint density at radius 2 is 1.45 bits per heavy atom. The number of hydrogen-bond donors (Lipinski definition) is 4. The predicted octanol–water partition coefficient (Wildman–Crippen LogP) is 3.61. The van der Waals surface area contributed by atoms with E-state index in [4.69, 9.17) is 4.74 Å². The third kappa shape index (κ3) is 11.0. The molecule has 0 saturated carbocycles. The van der Waals surface area contributed by atoms with E-state index in [0.717, 1.165) is 23.1 Å². The Bertz CT molecular complexity index is 1270. The maximum Gasteiger partial charge on any atom is 0.243 e. The lowest BCUT2D eigenvalue weighted by Gasteiger charge is -2.28. The summed E-state index contributed by atoms with van der Waals surface area (Å²) in [6, 6.07) is 25.3. The number of carbonyl (C=O) groups is 3. The number of methoxy groups -OCH3 is 1. The fourth-order valence-electron chi connectivity index (χ4n) is 4.71. The molecule has 4 N–H and O–H groups in total. The molecule has 3 atom stereocenters. The molecule has 0 bridgehead atoms. The number of aliphatic hydroxyl groups excluding tert-OH is 1. The van der Waals surface area contributed by atoms with E-state index in [9.17, 15) is 19.5 Å². The molecule has 0 fully saturated rings. The molecule has 3 rings (SSSR count). The van der Waals surface area contributed by atoms with E-state index in [2.05, 4.69) is 16.0 Å². The molecule has 3 amide bonds. The van der Waals surface area contributed by atoms with Gasteiger partial charge < -0.3 is 25.8 Å². The van der Waals surface area contributed by atoms with Gasteiger partial charge in [-0.2, -0.15) is 0 Å². The van der Waals surface area contributed by atoms with E-state index < -0.39 is 18.2 Å². The van der Waals surface area contributed by atoms with Gasteiger partial charge in [0.05, 0.1) is 25.7 Å². The van der Waals surface area contributed by atoms with Crippen molar-refractivity contribution in [2.45, 2.75) is 64.1 Å². The largest absolute Gasteiger partial charge is 0.497 e. The molecule has 42 heavy (non-hydrogen) atoms. The summed E-state index contributed by atoms with van der Waals surface area (Å²) in [5.41, 5.74) is 2.85. The fraction of sp³-hybridized carbons (Fsp3) is 0.382. The monoisotopic (exact) mass is 573 g/mol. The Morgan fingerprint density at radius 1 is 0.810 bits per heavy atom. The second-order valence-corrected chi connectivity index (χ2v) is 10.8. The van der Waals surface area contributed by atoms with Gasteiger partial charge in [0.1, 0.15) is 11.8 Å². The summed E-state index contributed by atoms with van der Waals surface area (Å²) in [6.45, 7) is 4.23. The summed E-state index contributed by atoms with van der Waals surface area (Å²) in [7, 11) is 1.57. The first-order valence-electron chi connectivity index (χ1n) is 14.5. The zero-order chi connectivity index (χ0) is 30.3. The predicted molar refractivity (Wildman–Crippen MR) is 164 cm³/mol. The van der Waals surface area contributed by atoms with Crippen LogP contribution in [0.25, 0.3) is 0 Å². The van der Waals surface area contributed by atoms with Crippen LogP contribution in [-0.2, 0) is 33.6 Å². The minimum atomic E-state index is -0.964. The summed E-state index contributed by atoms with van der Waals surface area (Å²) < 4.78 is 5.24. The zero-order valence-electron chi connectivity index (χ0n) is 24.7. The van der Waals surface area contributed by atoms with Gasteiger partial charge in [0.25, 0.3) is 0 Å². The van der Waals surface area contributed by atoms with Crippen LogP contribution in [0.3, 0.4) is 0 Å². The molecule has 0 aliphatic carbocycles. The van der Waals surface area contributed by atoms with Crippen LogP contribution in [0.15, 0.2) is 84.9 Å². The van der Waals surface area contributed by atoms with Crippen molar-refractivity contribution in [3.8, 4) is 5.75 Å². The van der Waals surface area contributed by atoms with E-state index >= 15 is 0 Å². The van der Waals surface area contributed by atoms with Gasteiger partial charge in [-0.05, 0) is 54.0 Å². The van der Waals surface area contributed by atoms with Crippen molar-refractivity contribution in [3.63, 3.8) is 0 Å². The molecule has 3 aromatic rings. The minimum absolute atomic E-state index is 0.100. The molecular formula is C34H43N3O5.